The van der Waals surface area contributed by atoms with Gasteiger partial charge in [-0.25, -0.2) is 8.42 Å². The van der Waals surface area contributed by atoms with Crippen molar-refractivity contribution in [1.29, 1.82) is 5.26 Å². The zero-order chi connectivity index (χ0) is 15.0. The summed E-state index contributed by atoms with van der Waals surface area (Å²) < 4.78 is 27.4. The Morgan fingerprint density at radius 2 is 2.00 bits per heavy atom. The Balaban J connectivity index is 1.99. The van der Waals surface area contributed by atoms with Crippen LogP contribution in [-0.4, -0.2) is 25.3 Å². The number of benzene rings is 1. The Bertz CT molecular complexity index is 696. The molecule has 4 nitrogen and oxygen atoms in total. The van der Waals surface area contributed by atoms with Crippen LogP contribution >= 0.6 is 11.6 Å². The van der Waals surface area contributed by atoms with Crippen molar-refractivity contribution in [2.24, 2.45) is 5.92 Å². The molecule has 6 heteroatoms. The summed E-state index contributed by atoms with van der Waals surface area (Å²) in [6.07, 6.45) is 5.25. The molecule has 0 aromatic heterocycles. The van der Waals surface area contributed by atoms with Gasteiger partial charge in [-0.15, -0.1) is 0 Å². The van der Waals surface area contributed by atoms with Crippen molar-refractivity contribution in [2.45, 2.75) is 43.0 Å². The fraction of sp³-hybridized carbons (Fsp3) is 0.533. The van der Waals surface area contributed by atoms with Crippen LogP contribution in [0.5, 0.6) is 0 Å². The molecule has 1 heterocycles. The SMILES string of the molecule is N#Cc1ccc(Cl)c(S(=O)(=O)N2CCC3CCCCC32)c1. The van der Waals surface area contributed by atoms with Crippen LogP contribution in [-0.2, 0) is 10.0 Å². The van der Waals surface area contributed by atoms with E-state index in [2.05, 4.69) is 0 Å². The number of rotatable bonds is 2. The number of hydrogen-bond acceptors (Lipinski definition) is 3. The molecule has 3 rings (SSSR count). The maximum Gasteiger partial charge on any atom is 0.244 e. The summed E-state index contributed by atoms with van der Waals surface area (Å²) in [5.41, 5.74) is 0.317. The highest BCUT2D eigenvalue weighted by Gasteiger charge is 2.42. The second kappa shape index (κ2) is 5.60. The average Bonchev–Trinajstić information content (AvgIpc) is 2.92. The van der Waals surface area contributed by atoms with Gasteiger partial charge in [0.1, 0.15) is 4.90 Å². The van der Waals surface area contributed by atoms with Gasteiger partial charge in [-0.1, -0.05) is 24.4 Å². The summed E-state index contributed by atoms with van der Waals surface area (Å²) >= 11 is 6.08. The van der Waals surface area contributed by atoms with Crippen molar-refractivity contribution in [1.82, 2.24) is 4.31 Å². The highest BCUT2D eigenvalue weighted by atomic mass is 35.5. The molecule has 0 spiro atoms. The first kappa shape index (κ1) is 14.8. The molecule has 21 heavy (non-hydrogen) atoms. The number of nitriles is 1. The van der Waals surface area contributed by atoms with Crippen LogP contribution in [0.4, 0.5) is 0 Å². The lowest BCUT2D eigenvalue weighted by Crippen LogP contribution is -2.39. The zero-order valence-electron chi connectivity index (χ0n) is 11.6. The molecule has 1 aromatic carbocycles. The summed E-state index contributed by atoms with van der Waals surface area (Å²) in [6, 6.07) is 6.48. The Hall–Kier alpha value is -1.09. The molecule has 112 valence electrons. The standard InChI is InChI=1S/C15H17ClN2O2S/c16-13-6-5-11(10-17)9-15(13)21(19,20)18-8-7-12-3-1-2-4-14(12)18/h5-6,9,12,14H,1-4,7-8H2. The van der Waals surface area contributed by atoms with Gasteiger partial charge in [0.25, 0.3) is 0 Å². The minimum Gasteiger partial charge on any atom is -0.207 e. The van der Waals surface area contributed by atoms with Crippen molar-refractivity contribution < 1.29 is 8.42 Å². The minimum atomic E-state index is -3.62. The van der Waals surface area contributed by atoms with E-state index < -0.39 is 10.0 Å². The van der Waals surface area contributed by atoms with E-state index in [1.54, 1.807) is 4.31 Å². The Morgan fingerprint density at radius 3 is 2.76 bits per heavy atom. The smallest absolute Gasteiger partial charge is 0.207 e. The molecule has 2 atom stereocenters. The molecule has 1 aliphatic carbocycles. The monoisotopic (exact) mass is 324 g/mol. The summed E-state index contributed by atoms with van der Waals surface area (Å²) in [6.45, 7) is 0.560. The normalized spacial score (nSPS) is 26.3. The van der Waals surface area contributed by atoms with E-state index in [1.807, 2.05) is 6.07 Å². The molecule has 1 saturated heterocycles. The fourth-order valence-corrected chi connectivity index (χ4v) is 5.79. The number of fused-ring (bicyclic) bond motifs is 1. The molecule has 1 saturated carbocycles. The summed E-state index contributed by atoms with van der Waals surface area (Å²) in [5, 5.41) is 9.16. The van der Waals surface area contributed by atoms with Gasteiger partial charge in [0.05, 0.1) is 16.7 Å². The molecule has 1 aromatic rings. The van der Waals surface area contributed by atoms with E-state index in [9.17, 15) is 8.42 Å². The van der Waals surface area contributed by atoms with E-state index in [4.69, 9.17) is 16.9 Å². The van der Waals surface area contributed by atoms with E-state index >= 15 is 0 Å². The summed E-state index contributed by atoms with van der Waals surface area (Å²) in [7, 11) is -3.62. The van der Waals surface area contributed by atoms with Gasteiger partial charge >= 0.3 is 0 Å². The van der Waals surface area contributed by atoms with E-state index in [0.29, 0.717) is 18.0 Å². The maximum absolute atomic E-state index is 12.9. The third-order valence-corrected chi connectivity index (χ3v) is 7.01. The van der Waals surface area contributed by atoms with Gasteiger partial charge in [0.2, 0.25) is 10.0 Å². The zero-order valence-corrected chi connectivity index (χ0v) is 13.2. The molecular formula is C15H17ClN2O2S. The highest BCUT2D eigenvalue weighted by molar-refractivity contribution is 7.89. The van der Waals surface area contributed by atoms with Crippen molar-refractivity contribution in [2.75, 3.05) is 6.54 Å². The maximum atomic E-state index is 12.9. The molecular weight excluding hydrogens is 308 g/mol. The lowest BCUT2D eigenvalue weighted by Gasteiger charge is -2.31. The van der Waals surface area contributed by atoms with Crippen molar-refractivity contribution >= 4 is 21.6 Å². The van der Waals surface area contributed by atoms with Gasteiger partial charge in [0.15, 0.2) is 0 Å². The van der Waals surface area contributed by atoms with E-state index in [1.165, 1.54) is 24.6 Å². The fourth-order valence-electron chi connectivity index (χ4n) is 3.56. The Labute approximate surface area is 130 Å². The first-order valence-electron chi connectivity index (χ1n) is 7.25. The molecule has 2 unspecified atom stereocenters. The third kappa shape index (κ3) is 2.57. The molecule has 1 aliphatic heterocycles. The molecule has 0 radical (unpaired) electrons. The van der Waals surface area contributed by atoms with Gasteiger partial charge in [0, 0.05) is 12.6 Å². The van der Waals surface area contributed by atoms with Crippen LogP contribution in [0.15, 0.2) is 23.1 Å². The minimum absolute atomic E-state index is 0.0643. The van der Waals surface area contributed by atoms with Crippen LogP contribution in [0.3, 0.4) is 0 Å². The molecule has 0 N–H and O–H groups in total. The van der Waals surface area contributed by atoms with Gasteiger partial charge in [-0.3, -0.25) is 0 Å². The molecule has 2 aliphatic rings. The molecule has 0 bridgehead atoms. The second-order valence-corrected chi connectivity index (χ2v) is 8.04. The number of sulfonamides is 1. The predicted octanol–water partition coefficient (Wildman–Crippen LogP) is 3.16. The van der Waals surface area contributed by atoms with Crippen LogP contribution in [0.2, 0.25) is 5.02 Å². The average molecular weight is 325 g/mol. The molecule has 0 amide bonds. The largest absolute Gasteiger partial charge is 0.244 e. The second-order valence-electron chi connectivity index (χ2n) is 5.77. The van der Waals surface area contributed by atoms with Crippen LogP contribution in [0.25, 0.3) is 0 Å². The summed E-state index contributed by atoms with van der Waals surface area (Å²) in [5.74, 6) is 0.478. The van der Waals surface area contributed by atoms with Gasteiger partial charge in [-0.2, -0.15) is 9.57 Å². The van der Waals surface area contributed by atoms with Crippen LogP contribution in [0.1, 0.15) is 37.7 Å². The topological polar surface area (TPSA) is 61.2 Å². The highest BCUT2D eigenvalue weighted by Crippen LogP contribution is 2.40. The van der Waals surface area contributed by atoms with Crippen molar-refractivity contribution in [3.63, 3.8) is 0 Å². The number of halogens is 1. The van der Waals surface area contributed by atoms with Crippen LogP contribution in [0, 0.1) is 17.2 Å². The lowest BCUT2D eigenvalue weighted by atomic mass is 9.86. The van der Waals surface area contributed by atoms with Crippen molar-refractivity contribution in [3.8, 4) is 6.07 Å². The van der Waals surface area contributed by atoms with Crippen LogP contribution < -0.4 is 0 Å². The first-order valence-corrected chi connectivity index (χ1v) is 9.07. The number of hydrogen-bond donors (Lipinski definition) is 0. The number of nitrogens with zero attached hydrogens (tertiary/aromatic N) is 2. The molecule has 2 fully saturated rings. The Morgan fingerprint density at radius 1 is 1.24 bits per heavy atom. The predicted molar refractivity (Wildman–Crippen MR) is 80.4 cm³/mol. The van der Waals surface area contributed by atoms with Gasteiger partial charge in [-0.05, 0) is 43.4 Å². The summed E-state index contributed by atoms with van der Waals surface area (Å²) in [4.78, 5) is 0.0643. The van der Waals surface area contributed by atoms with E-state index in [0.717, 1.165) is 25.7 Å². The quantitative estimate of drug-likeness (QED) is 0.839. The first-order chi connectivity index (χ1) is 10.0. The van der Waals surface area contributed by atoms with Crippen molar-refractivity contribution in [3.05, 3.63) is 28.8 Å². The lowest BCUT2D eigenvalue weighted by molar-refractivity contribution is 0.260. The van der Waals surface area contributed by atoms with Gasteiger partial charge < -0.3 is 0 Å². The van der Waals surface area contributed by atoms with E-state index in [-0.39, 0.29) is 16.0 Å². The third-order valence-electron chi connectivity index (χ3n) is 4.61. The Kier molecular flexibility index (Phi) is 3.96.